The van der Waals surface area contributed by atoms with Gasteiger partial charge in [0.05, 0.1) is 12.5 Å². The zero-order valence-electron chi connectivity index (χ0n) is 12.6. The normalized spacial score (nSPS) is 12.2. The number of carbonyl (C=O) groups is 1. The lowest BCUT2D eigenvalue weighted by atomic mass is 10.1. The summed E-state index contributed by atoms with van der Waals surface area (Å²) in [6.07, 6.45) is 0. The number of benzene rings is 1. The highest BCUT2D eigenvalue weighted by Gasteiger charge is 2.16. The summed E-state index contributed by atoms with van der Waals surface area (Å²) in [5, 5.41) is 7.79. The molecule has 21 heavy (non-hydrogen) atoms. The molecule has 5 nitrogen and oxygen atoms in total. The number of rotatable bonds is 4. The number of amides is 1. The van der Waals surface area contributed by atoms with E-state index in [-0.39, 0.29) is 11.8 Å². The quantitative estimate of drug-likeness (QED) is 0.944. The fourth-order valence-corrected chi connectivity index (χ4v) is 2.23. The van der Waals surface area contributed by atoms with E-state index >= 15 is 0 Å². The van der Waals surface area contributed by atoms with E-state index in [1.54, 1.807) is 16.8 Å². The van der Waals surface area contributed by atoms with Crippen molar-refractivity contribution in [2.45, 2.75) is 34.2 Å². The maximum absolute atomic E-state index is 12.3. The third kappa shape index (κ3) is 3.82. The Balaban J connectivity index is 2.06. The molecule has 1 aromatic heterocycles. The number of hydrogen-bond donors (Lipinski definition) is 1. The Labute approximate surface area is 129 Å². The molecule has 2 aromatic rings. The minimum Gasteiger partial charge on any atom is -0.326 e. The van der Waals surface area contributed by atoms with Crippen LogP contribution in [0.25, 0.3) is 0 Å². The highest BCUT2D eigenvalue weighted by Crippen LogP contribution is 2.21. The van der Waals surface area contributed by atoms with Crippen molar-refractivity contribution in [3.8, 4) is 0 Å². The van der Waals surface area contributed by atoms with Gasteiger partial charge in [0.25, 0.3) is 0 Å². The molecule has 0 aliphatic rings. The Hall–Kier alpha value is -1.88. The van der Waals surface area contributed by atoms with E-state index in [0.29, 0.717) is 17.4 Å². The Morgan fingerprint density at radius 2 is 2.10 bits per heavy atom. The molecule has 112 valence electrons. The number of aryl methyl sites for hydroxylation is 3. The number of nitrogens with one attached hydrogen (secondary N) is 1. The minimum absolute atomic E-state index is 0.0621. The fourth-order valence-electron chi connectivity index (χ4n) is 2.06. The molecule has 0 fully saturated rings. The van der Waals surface area contributed by atoms with Gasteiger partial charge in [0.15, 0.2) is 0 Å². The maximum Gasteiger partial charge on any atom is 0.229 e. The molecule has 0 saturated heterocycles. The monoisotopic (exact) mass is 306 g/mol. The van der Waals surface area contributed by atoms with Crippen LogP contribution in [-0.4, -0.2) is 20.7 Å². The molecule has 0 unspecified atom stereocenters. The van der Waals surface area contributed by atoms with Gasteiger partial charge in [-0.25, -0.2) is 9.67 Å². The predicted octanol–water partition coefficient (Wildman–Crippen LogP) is 3.13. The van der Waals surface area contributed by atoms with Gasteiger partial charge >= 0.3 is 0 Å². The van der Waals surface area contributed by atoms with Gasteiger partial charge in [-0.05, 0) is 38.5 Å². The molecule has 0 spiro atoms. The van der Waals surface area contributed by atoms with Crippen LogP contribution in [0.15, 0.2) is 18.2 Å². The van der Waals surface area contributed by atoms with Gasteiger partial charge in [-0.15, -0.1) is 0 Å². The van der Waals surface area contributed by atoms with E-state index in [4.69, 9.17) is 11.6 Å². The van der Waals surface area contributed by atoms with Crippen LogP contribution in [0.2, 0.25) is 5.02 Å². The van der Waals surface area contributed by atoms with Gasteiger partial charge in [0, 0.05) is 10.7 Å². The third-order valence-electron chi connectivity index (χ3n) is 3.31. The highest BCUT2D eigenvalue weighted by molar-refractivity contribution is 6.31. The smallest absolute Gasteiger partial charge is 0.229 e. The fraction of sp³-hybridized carbons (Fsp3) is 0.400. The number of hydrogen-bond acceptors (Lipinski definition) is 3. The first-order chi connectivity index (χ1) is 9.86. The van der Waals surface area contributed by atoms with Crippen molar-refractivity contribution >= 4 is 23.2 Å². The lowest BCUT2D eigenvalue weighted by molar-refractivity contribution is -0.119. The van der Waals surface area contributed by atoms with Crippen LogP contribution >= 0.6 is 11.6 Å². The van der Waals surface area contributed by atoms with Crippen molar-refractivity contribution < 1.29 is 4.79 Å². The first-order valence-electron chi connectivity index (χ1n) is 6.82. The molecule has 1 N–H and O–H groups in total. The highest BCUT2D eigenvalue weighted by atomic mass is 35.5. The largest absolute Gasteiger partial charge is 0.326 e. The lowest BCUT2D eigenvalue weighted by Gasteiger charge is -2.14. The molecule has 0 aliphatic carbocycles. The van der Waals surface area contributed by atoms with Crippen LogP contribution in [0.5, 0.6) is 0 Å². The molecule has 6 heteroatoms. The van der Waals surface area contributed by atoms with Gasteiger partial charge in [-0.1, -0.05) is 24.6 Å². The van der Waals surface area contributed by atoms with Crippen LogP contribution in [0.1, 0.15) is 24.1 Å². The summed E-state index contributed by atoms with van der Waals surface area (Å²) in [5.41, 5.74) is 1.72. The molecule has 1 heterocycles. The molecule has 2 rings (SSSR count). The van der Waals surface area contributed by atoms with Crippen molar-refractivity contribution in [1.29, 1.82) is 0 Å². The van der Waals surface area contributed by atoms with Crippen molar-refractivity contribution in [2.24, 2.45) is 5.92 Å². The van der Waals surface area contributed by atoms with E-state index in [0.717, 1.165) is 17.1 Å². The number of halogens is 1. The SMILES string of the molecule is Cc1nc(C)n(C[C@H](C)C(=O)Nc2cc(Cl)ccc2C)n1. The second-order valence-electron chi connectivity index (χ2n) is 5.24. The van der Waals surface area contributed by atoms with Crippen molar-refractivity contribution in [3.05, 3.63) is 40.4 Å². The first kappa shape index (κ1) is 15.5. The Morgan fingerprint density at radius 1 is 1.38 bits per heavy atom. The molecule has 0 saturated carbocycles. The van der Waals surface area contributed by atoms with Crippen LogP contribution in [0.4, 0.5) is 5.69 Å². The van der Waals surface area contributed by atoms with Crippen molar-refractivity contribution in [2.75, 3.05) is 5.32 Å². The molecule has 1 atom stereocenters. The zero-order chi connectivity index (χ0) is 15.6. The van der Waals surface area contributed by atoms with E-state index in [9.17, 15) is 4.79 Å². The molecule has 1 aromatic carbocycles. The molecule has 0 bridgehead atoms. The second-order valence-corrected chi connectivity index (χ2v) is 5.67. The topological polar surface area (TPSA) is 59.8 Å². The average molecular weight is 307 g/mol. The van der Waals surface area contributed by atoms with E-state index in [2.05, 4.69) is 15.4 Å². The molecule has 1 amide bonds. The molecular formula is C15H19ClN4O. The van der Waals surface area contributed by atoms with Crippen LogP contribution in [0.3, 0.4) is 0 Å². The van der Waals surface area contributed by atoms with Gasteiger partial charge in [-0.2, -0.15) is 5.10 Å². The van der Waals surface area contributed by atoms with Gasteiger partial charge in [0.1, 0.15) is 11.6 Å². The molecular weight excluding hydrogens is 288 g/mol. The predicted molar refractivity (Wildman–Crippen MR) is 83.5 cm³/mol. The van der Waals surface area contributed by atoms with Gasteiger partial charge in [-0.3, -0.25) is 4.79 Å². The summed E-state index contributed by atoms with van der Waals surface area (Å²) in [7, 11) is 0. The Bertz CT molecular complexity index is 666. The number of anilines is 1. The number of carbonyl (C=O) groups excluding carboxylic acids is 1. The van der Waals surface area contributed by atoms with Gasteiger partial charge < -0.3 is 5.32 Å². The summed E-state index contributed by atoms with van der Waals surface area (Å²) in [5.74, 6) is 1.24. The average Bonchev–Trinajstić information content (AvgIpc) is 2.72. The maximum atomic E-state index is 12.3. The standard InChI is InChI=1S/C15H19ClN4O/c1-9-5-6-13(16)7-14(9)18-15(21)10(2)8-20-12(4)17-11(3)19-20/h5-7,10H,8H2,1-4H3,(H,18,21)/t10-/m0/s1. The van der Waals surface area contributed by atoms with Crippen LogP contribution in [0, 0.1) is 26.7 Å². The first-order valence-corrected chi connectivity index (χ1v) is 7.19. The molecule has 0 radical (unpaired) electrons. The zero-order valence-corrected chi connectivity index (χ0v) is 13.4. The number of nitrogens with zero attached hydrogens (tertiary/aromatic N) is 3. The van der Waals surface area contributed by atoms with Crippen molar-refractivity contribution in [1.82, 2.24) is 14.8 Å². The summed E-state index contributed by atoms with van der Waals surface area (Å²) in [4.78, 5) is 16.5. The summed E-state index contributed by atoms with van der Waals surface area (Å²) in [6.45, 7) is 8.01. The van der Waals surface area contributed by atoms with E-state index in [1.165, 1.54) is 0 Å². The Kier molecular flexibility index (Phi) is 4.63. The minimum atomic E-state index is -0.219. The van der Waals surface area contributed by atoms with E-state index in [1.807, 2.05) is 33.8 Å². The summed E-state index contributed by atoms with van der Waals surface area (Å²) >= 11 is 5.96. The summed E-state index contributed by atoms with van der Waals surface area (Å²) in [6, 6.07) is 5.44. The second kappa shape index (κ2) is 6.26. The van der Waals surface area contributed by atoms with Gasteiger partial charge in [0.2, 0.25) is 5.91 Å². The Morgan fingerprint density at radius 3 is 2.71 bits per heavy atom. The lowest BCUT2D eigenvalue weighted by Crippen LogP contribution is -2.25. The summed E-state index contributed by atoms with van der Waals surface area (Å²) < 4.78 is 1.75. The number of aromatic nitrogens is 3. The van der Waals surface area contributed by atoms with Crippen LogP contribution < -0.4 is 5.32 Å². The van der Waals surface area contributed by atoms with Crippen molar-refractivity contribution in [3.63, 3.8) is 0 Å². The van der Waals surface area contributed by atoms with E-state index < -0.39 is 0 Å². The van der Waals surface area contributed by atoms with Crippen LogP contribution in [-0.2, 0) is 11.3 Å². The molecule has 0 aliphatic heterocycles. The third-order valence-corrected chi connectivity index (χ3v) is 3.55.